The molecule has 0 saturated carbocycles. The van der Waals surface area contributed by atoms with Gasteiger partial charge in [-0.3, -0.25) is 9.59 Å². The van der Waals surface area contributed by atoms with Gasteiger partial charge in [0.05, 0.1) is 29.1 Å². The van der Waals surface area contributed by atoms with Crippen molar-refractivity contribution in [3.8, 4) is 0 Å². The molecule has 32 heavy (non-hydrogen) atoms. The average Bonchev–Trinajstić information content (AvgIpc) is 3.31. The lowest BCUT2D eigenvalue weighted by molar-refractivity contribution is -0.136. The van der Waals surface area contributed by atoms with E-state index in [0.717, 1.165) is 47.0 Å². The van der Waals surface area contributed by atoms with Crippen LogP contribution < -0.4 is 10.7 Å². The molecule has 166 valence electrons. The molecule has 2 heterocycles. The molecule has 1 aromatic carbocycles. The first kappa shape index (κ1) is 22.0. The Kier molecular flexibility index (Phi) is 6.57. The number of hydrogen-bond acceptors (Lipinski definition) is 6. The Hall–Kier alpha value is -3.17. The van der Waals surface area contributed by atoms with Crippen LogP contribution in [0.4, 0.5) is 5.00 Å². The lowest BCUT2D eigenvalue weighted by atomic mass is 9.95. The summed E-state index contributed by atoms with van der Waals surface area (Å²) in [6.07, 6.45) is 4.91. The van der Waals surface area contributed by atoms with Crippen LogP contribution in [-0.2, 0) is 27.2 Å². The van der Waals surface area contributed by atoms with Crippen molar-refractivity contribution in [3.05, 3.63) is 51.0 Å². The number of para-hydroxylation sites is 1. The van der Waals surface area contributed by atoms with E-state index in [2.05, 4.69) is 20.8 Å². The summed E-state index contributed by atoms with van der Waals surface area (Å²) in [4.78, 5) is 41.3. The number of benzene rings is 1. The summed E-state index contributed by atoms with van der Waals surface area (Å²) < 4.78 is 5.16. The van der Waals surface area contributed by atoms with Crippen molar-refractivity contribution < 1.29 is 19.1 Å². The Morgan fingerprint density at radius 1 is 1.22 bits per heavy atom. The molecule has 3 N–H and O–H groups in total. The fourth-order valence-corrected chi connectivity index (χ4v) is 5.19. The third-order valence-electron chi connectivity index (χ3n) is 5.11. The highest BCUT2D eigenvalue weighted by molar-refractivity contribution is 7.17. The predicted molar refractivity (Wildman–Crippen MR) is 125 cm³/mol. The van der Waals surface area contributed by atoms with E-state index in [4.69, 9.17) is 16.3 Å². The third-order valence-corrected chi connectivity index (χ3v) is 6.73. The second-order valence-electron chi connectivity index (χ2n) is 7.19. The normalized spacial score (nSPS) is 13.2. The smallest absolute Gasteiger partial charge is 0.341 e. The minimum absolute atomic E-state index is 0.225. The Bertz CT molecular complexity index is 1230. The van der Waals surface area contributed by atoms with Gasteiger partial charge in [0.25, 0.3) is 0 Å². The summed E-state index contributed by atoms with van der Waals surface area (Å²) in [7, 11) is 0. The van der Waals surface area contributed by atoms with E-state index >= 15 is 0 Å². The van der Waals surface area contributed by atoms with Crippen molar-refractivity contribution >= 4 is 62.8 Å². The number of anilines is 1. The molecule has 0 atom stereocenters. The van der Waals surface area contributed by atoms with Gasteiger partial charge in [-0.1, -0.05) is 29.8 Å². The van der Waals surface area contributed by atoms with Crippen LogP contribution in [0.3, 0.4) is 0 Å². The quantitative estimate of drug-likeness (QED) is 0.225. The Labute approximate surface area is 193 Å². The average molecular weight is 473 g/mol. The number of H-pyrrole nitrogens is 1. The summed E-state index contributed by atoms with van der Waals surface area (Å²) in [6, 6.07) is 7.46. The number of aromatic amines is 1. The maximum absolute atomic E-state index is 12.5. The van der Waals surface area contributed by atoms with Gasteiger partial charge < -0.3 is 15.0 Å². The molecule has 0 saturated heterocycles. The standard InChI is InChI=1S/C22H21ClN4O4S/c1-2-31-22(30)17-13-8-4-6-10-16(13)32-21(17)26-19(28)20(29)27-24-11-15-18(23)12-7-3-5-9-14(12)25-15/h3,5,7,9,11,25H,2,4,6,8,10H2,1H3,(H,26,28)(H,27,29)/b24-11-. The monoisotopic (exact) mass is 472 g/mol. The molecule has 0 bridgehead atoms. The summed E-state index contributed by atoms with van der Waals surface area (Å²) in [5, 5.41) is 7.99. The van der Waals surface area contributed by atoms with Gasteiger partial charge in [0.15, 0.2) is 0 Å². The molecular formula is C22H21ClN4O4S. The van der Waals surface area contributed by atoms with Gasteiger partial charge in [-0.15, -0.1) is 11.3 Å². The van der Waals surface area contributed by atoms with E-state index in [1.54, 1.807) is 6.92 Å². The topological polar surface area (TPSA) is 113 Å². The summed E-state index contributed by atoms with van der Waals surface area (Å²) >= 11 is 7.62. The number of amides is 2. The lowest BCUT2D eigenvalue weighted by Crippen LogP contribution is -2.32. The molecule has 10 heteroatoms. The van der Waals surface area contributed by atoms with Gasteiger partial charge in [0.2, 0.25) is 0 Å². The van der Waals surface area contributed by atoms with Crippen molar-refractivity contribution in [3.63, 3.8) is 0 Å². The number of ether oxygens (including phenoxy) is 1. The number of carbonyl (C=O) groups excluding carboxylic acids is 3. The van der Waals surface area contributed by atoms with Crippen LogP contribution in [0.2, 0.25) is 5.02 Å². The van der Waals surface area contributed by atoms with Crippen LogP contribution in [0.1, 0.15) is 46.3 Å². The van der Waals surface area contributed by atoms with Crippen molar-refractivity contribution in [1.29, 1.82) is 0 Å². The first-order chi connectivity index (χ1) is 15.5. The summed E-state index contributed by atoms with van der Waals surface area (Å²) in [6.45, 7) is 1.95. The number of thiophene rings is 1. The van der Waals surface area contributed by atoms with Crippen LogP contribution in [-0.4, -0.2) is 35.6 Å². The zero-order valence-electron chi connectivity index (χ0n) is 17.3. The van der Waals surface area contributed by atoms with E-state index < -0.39 is 17.8 Å². The van der Waals surface area contributed by atoms with Gasteiger partial charge in [0, 0.05) is 15.8 Å². The van der Waals surface area contributed by atoms with E-state index in [1.165, 1.54) is 17.6 Å². The lowest BCUT2D eigenvalue weighted by Gasteiger charge is -2.12. The highest BCUT2D eigenvalue weighted by atomic mass is 35.5. The second kappa shape index (κ2) is 9.54. The van der Waals surface area contributed by atoms with Gasteiger partial charge >= 0.3 is 17.8 Å². The van der Waals surface area contributed by atoms with Gasteiger partial charge in [-0.2, -0.15) is 5.10 Å². The number of nitrogens with one attached hydrogen (secondary N) is 3. The number of hydrazone groups is 1. The summed E-state index contributed by atoms with van der Waals surface area (Å²) in [5.41, 5.74) is 4.77. The van der Waals surface area contributed by atoms with Gasteiger partial charge in [-0.05, 0) is 44.2 Å². The van der Waals surface area contributed by atoms with Gasteiger partial charge in [0.1, 0.15) is 5.00 Å². The molecule has 0 unspecified atom stereocenters. The van der Waals surface area contributed by atoms with Crippen LogP contribution >= 0.6 is 22.9 Å². The minimum Gasteiger partial charge on any atom is -0.462 e. The number of hydrogen-bond donors (Lipinski definition) is 3. The van der Waals surface area contributed by atoms with Crippen molar-refractivity contribution in [1.82, 2.24) is 10.4 Å². The maximum Gasteiger partial charge on any atom is 0.341 e. The number of carbonyl (C=O) groups is 3. The van der Waals surface area contributed by atoms with Crippen molar-refractivity contribution in [2.75, 3.05) is 11.9 Å². The zero-order chi connectivity index (χ0) is 22.7. The number of halogens is 1. The SMILES string of the molecule is CCOC(=O)c1c(NC(=O)C(=O)N/N=C\c2[nH]c3ccccc3c2Cl)sc2c1CCCC2. The van der Waals surface area contributed by atoms with Crippen molar-refractivity contribution in [2.45, 2.75) is 32.6 Å². The Morgan fingerprint density at radius 3 is 2.78 bits per heavy atom. The molecule has 2 aromatic heterocycles. The van der Waals surface area contributed by atoms with Crippen molar-refractivity contribution in [2.24, 2.45) is 5.10 Å². The molecular weight excluding hydrogens is 452 g/mol. The fraction of sp³-hybridized carbons (Fsp3) is 0.273. The number of aryl methyl sites for hydroxylation is 1. The van der Waals surface area contributed by atoms with Crippen LogP contribution in [0.25, 0.3) is 10.9 Å². The molecule has 8 nitrogen and oxygen atoms in total. The molecule has 0 spiro atoms. The number of rotatable bonds is 5. The third kappa shape index (κ3) is 4.39. The van der Waals surface area contributed by atoms with Crippen LogP contribution in [0, 0.1) is 0 Å². The first-order valence-corrected chi connectivity index (χ1v) is 11.4. The predicted octanol–water partition coefficient (Wildman–Crippen LogP) is 4.03. The fourth-order valence-electron chi connectivity index (χ4n) is 3.66. The van der Waals surface area contributed by atoms with E-state index in [0.29, 0.717) is 21.3 Å². The number of esters is 1. The van der Waals surface area contributed by atoms with Crippen LogP contribution in [0.15, 0.2) is 29.4 Å². The maximum atomic E-state index is 12.5. The second-order valence-corrected chi connectivity index (χ2v) is 8.67. The first-order valence-electron chi connectivity index (χ1n) is 10.2. The highest BCUT2D eigenvalue weighted by Crippen LogP contribution is 2.38. The van der Waals surface area contributed by atoms with E-state index in [-0.39, 0.29) is 6.61 Å². The van der Waals surface area contributed by atoms with E-state index in [1.807, 2.05) is 24.3 Å². The number of aromatic nitrogens is 1. The zero-order valence-corrected chi connectivity index (χ0v) is 18.9. The van der Waals surface area contributed by atoms with E-state index in [9.17, 15) is 14.4 Å². The number of fused-ring (bicyclic) bond motifs is 2. The minimum atomic E-state index is -0.963. The largest absolute Gasteiger partial charge is 0.462 e. The van der Waals surface area contributed by atoms with Gasteiger partial charge in [-0.25, -0.2) is 10.2 Å². The number of nitrogens with zero attached hydrogens (tertiary/aromatic N) is 1. The molecule has 0 aliphatic heterocycles. The molecule has 0 fully saturated rings. The van der Waals surface area contributed by atoms with Crippen LogP contribution in [0.5, 0.6) is 0 Å². The Balaban J connectivity index is 1.46. The molecule has 0 radical (unpaired) electrons. The Morgan fingerprint density at radius 2 is 2.00 bits per heavy atom. The highest BCUT2D eigenvalue weighted by Gasteiger charge is 2.28. The molecule has 1 aliphatic carbocycles. The summed E-state index contributed by atoms with van der Waals surface area (Å²) in [5.74, 6) is -2.38. The molecule has 2 amide bonds. The molecule has 1 aliphatic rings. The molecule has 3 aromatic rings. The molecule has 4 rings (SSSR count).